The second-order valence-electron chi connectivity index (χ2n) is 4.36. The van der Waals surface area contributed by atoms with Crippen molar-refractivity contribution in [1.82, 2.24) is 0 Å². The van der Waals surface area contributed by atoms with Crippen LogP contribution in [0.15, 0.2) is 30.3 Å². The minimum absolute atomic E-state index is 0.218. The topological polar surface area (TPSA) is 35.2 Å². The molecule has 15 heavy (non-hydrogen) atoms. The lowest BCUT2D eigenvalue weighted by Gasteiger charge is -2.33. The Morgan fingerprint density at radius 1 is 1.20 bits per heavy atom. The Labute approximate surface area is 91.4 Å². The van der Waals surface area contributed by atoms with E-state index >= 15 is 0 Å². The summed E-state index contributed by atoms with van der Waals surface area (Å²) < 4.78 is 5.43. The summed E-state index contributed by atoms with van der Waals surface area (Å²) in [7, 11) is 1.76. The Morgan fingerprint density at radius 2 is 1.93 bits per heavy atom. The van der Waals surface area contributed by atoms with Crippen LogP contribution >= 0.6 is 0 Å². The molecule has 1 aliphatic carbocycles. The van der Waals surface area contributed by atoms with Crippen molar-refractivity contribution in [1.29, 1.82) is 0 Å². The molecule has 1 aliphatic rings. The molecule has 3 atom stereocenters. The van der Waals surface area contributed by atoms with E-state index in [-0.39, 0.29) is 12.1 Å². The van der Waals surface area contributed by atoms with E-state index in [1.807, 2.05) is 0 Å². The third-order valence-electron chi connectivity index (χ3n) is 3.42. The summed E-state index contributed by atoms with van der Waals surface area (Å²) in [5, 5.41) is 0. The zero-order valence-corrected chi connectivity index (χ0v) is 9.23. The highest BCUT2D eigenvalue weighted by Crippen LogP contribution is 2.33. The van der Waals surface area contributed by atoms with Crippen LogP contribution in [0, 0.1) is 0 Å². The van der Waals surface area contributed by atoms with E-state index in [0.717, 1.165) is 12.8 Å². The van der Waals surface area contributed by atoms with Crippen LogP contribution in [0.5, 0.6) is 0 Å². The SMILES string of the molecule is COC1CC(c2ccccc2)CCC1N. The molecular weight excluding hydrogens is 186 g/mol. The molecule has 1 aromatic carbocycles. The largest absolute Gasteiger partial charge is 0.380 e. The van der Waals surface area contributed by atoms with Crippen LogP contribution in [0.3, 0.4) is 0 Å². The quantitative estimate of drug-likeness (QED) is 0.804. The maximum absolute atomic E-state index is 6.00. The summed E-state index contributed by atoms with van der Waals surface area (Å²) in [5.41, 5.74) is 7.43. The van der Waals surface area contributed by atoms with Gasteiger partial charge in [-0.3, -0.25) is 0 Å². The van der Waals surface area contributed by atoms with Crippen LogP contribution in [-0.2, 0) is 4.74 Å². The number of methoxy groups -OCH3 is 1. The second-order valence-corrected chi connectivity index (χ2v) is 4.36. The summed E-state index contributed by atoms with van der Waals surface area (Å²) in [6.07, 6.45) is 3.54. The third kappa shape index (κ3) is 2.39. The van der Waals surface area contributed by atoms with E-state index in [2.05, 4.69) is 30.3 Å². The van der Waals surface area contributed by atoms with Crippen molar-refractivity contribution < 1.29 is 4.74 Å². The first-order chi connectivity index (χ1) is 7.31. The highest BCUT2D eigenvalue weighted by Gasteiger charge is 2.28. The van der Waals surface area contributed by atoms with Gasteiger partial charge in [0.1, 0.15) is 0 Å². The predicted molar refractivity (Wildman–Crippen MR) is 61.8 cm³/mol. The molecular formula is C13H19NO. The van der Waals surface area contributed by atoms with Gasteiger partial charge < -0.3 is 10.5 Å². The van der Waals surface area contributed by atoms with Crippen molar-refractivity contribution in [2.45, 2.75) is 37.3 Å². The number of hydrogen-bond donors (Lipinski definition) is 1. The number of rotatable bonds is 2. The molecule has 2 N–H and O–H groups in total. The number of benzene rings is 1. The van der Waals surface area contributed by atoms with Gasteiger partial charge in [-0.25, -0.2) is 0 Å². The monoisotopic (exact) mass is 205 g/mol. The van der Waals surface area contributed by atoms with Gasteiger partial charge in [0.2, 0.25) is 0 Å². The van der Waals surface area contributed by atoms with E-state index in [0.29, 0.717) is 5.92 Å². The Morgan fingerprint density at radius 3 is 2.60 bits per heavy atom. The Kier molecular flexibility index (Phi) is 3.39. The van der Waals surface area contributed by atoms with Crippen LogP contribution in [0.25, 0.3) is 0 Å². The molecule has 2 nitrogen and oxygen atoms in total. The van der Waals surface area contributed by atoms with E-state index in [1.54, 1.807) is 7.11 Å². The van der Waals surface area contributed by atoms with Gasteiger partial charge in [-0.1, -0.05) is 30.3 Å². The zero-order chi connectivity index (χ0) is 10.7. The van der Waals surface area contributed by atoms with E-state index in [9.17, 15) is 0 Å². The standard InChI is InChI=1S/C13H19NO/c1-15-13-9-11(7-8-12(13)14)10-5-3-2-4-6-10/h2-6,11-13H,7-9,14H2,1H3. The first-order valence-electron chi connectivity index (χ1n) is 5.64. The molecule has 2 rings (SSSR count). The smallest absolute Gasteiger partial charge is 0.0727 e. The molecule has 2 heteroatoms. The first kappa shape index (κ1) is 10.7. The maximum Gasteiger partial charge on any atom is 0.0727 e. The summed E-state index contributed by atoms with van der Waals surface area (Å²) in [6, 6.07) is 10.9. The number of nitrogens with two attached hydrogens (primary N) is 1. The molecule has 0 saturated heterocycles. The lowest BCUT2D eigenvalue weighted by Crippen LogP contribution is -2.40. The summed E-state index contributed by atoms with van der Waals surface area (Å²) in [6.45, 7) is 0. The molecule has 0 radical (unpaired) electrons. The van der Waals surface area contributed by atoms with Crippen LogP contribution in [-0.4, -0.2) is 19.3 Å². The molecule has 3 unspecified atom stereocenters. The summed E-state index contributed by atoms with van der Waals surface area (Å²) in [4.78, 5) is 0. The van der Waals surface area contributed by atoms with Crippen LogP contribution in [0.2, 0.25) is 0 Å². The molecule has 82 valence electrons. The van der Waals surface area contributed by atoms with Gasteiger partial charge in [-0.15, -0.1) is 0 Å². The molecule has 0 amide bonds. The highest BCUT2D eigenvalue weighted by molar-refractivity contribution is 5.20. The zero-order valence-electron chi connectivity index (χ0n) is 9.23. The molecule has 1 fully saturated rings. The minimum Gasteiger partial charge on any atom is -0.380 e. The molecule has 1 saturated carbocycles. The van der Waals surface area contributed by atoms with E-state index in [4.69, 9.17) is 10.5 Å². The summed E-state index contributed by atoms with van der Waals surface area (Å²) >= 11 is 0. The Balaban J connectivity index is 2.06. The highest BCUT2D eigenvalue weighted by atomic mass is 16.5. The minimum atomic E-state index is 0.218. The van der Waals surface area contributed by atoms with Gasteiger partial charge in [0.05, 0.1) is 6.10 Å². The number of hydrogen-bond acceptors (Lipinski definition) is 2. The van der Waals surface area contributed by atoms with Crippen molar-refractivity contribution in [2.75, 3.05) is 7.11 Å². The molecule has 0 aromatic heterocycles. The van der Waals surface area contributed by atoms with Crippen molar-refractivity contribution in [3.8, 4) is 0 Å². The van der Waals surface area contributed by atoms with E-state index in [1.165, 1.54) is 12.0 Å². The molecule has 1 aromatic rings. The fraction of sp³-hybridized carbons (Fsp3) is 0.538. The predicted octanol–water partition coefficient (Wildman–Crippen LogP) is 2.30. The lowest BCUT2D eigenvalue weighted by molar-refractivity contribution is 0.0472. The summed E-state index contributed by atoms with van der Waals surface area (Å²) in [5.74, 6) is 0.621. The molecule has 0 spiro atoms. The normalized spacial score (nSPS) is 31.5. The molecule has 0 heterocycles. The van der Waals surface area contributed by atoms with Crippen molar-refractivity contribution >= 4 is 0 Å². The van der Waals surface area contributed by atoms with Crippen molar-refractivity contribution in [3.63, 3.8) is 0 Å². The number of ether oxygens (including phenoxy) is 1. The van der Waals surface area contributed by atoms with Gasteiger partial charge in [-0.2, -0.15) is 0 Å². The van der Waals surface area contributed by atoms with Crippen molar-refractivity contribution in [3.05, 3.63) is 35.9 Å². The average molecular weight is 205 g/mol. The first-order valence-corrected chi connectivity index (χ1v) is 5.64. The second kappa shape index (κ2) is 4.77. The maximum atomic E-state index is 6.00. The Bertz CT molecular complexity index is 299. The van der Waals surface area contributed by atoms with Crippen LogP contribution < -0.4 is 5.73 Å². The van der Waals surface area contributed by atoms with Crippen LogP contribution in [0.1, 0.15) is 30.7 Å². The fourth-order valence-corrected chi connectivity index (χ4v) is 2.45. The van der Waals surface area contributed by atoms with Gasteiger partial charge in [0, 0.05) is 13.2 Å². The van der Waals surface area contributed by atoms with Crippen molar-refractivity contribution in [2.24, 2.45) is 5.73 Å². The fourth-order valence-electron chi connectivity index (χ4n) is 2.45. The van der Waals surface area contributed by atoms with Gasteiger partial charge in [0.15, 0.2) is 0 Å². The molecule has 0 bridgehead atoms. The van der Waals surface area contributed by atoms with Gasteiger partial charge in [0.25, 0.3) is 0 Å². The Hall–Kier alpha value is -0.860. The average Bonchev–Trinajstić information content (AvgIpc) is 2.31. The van der Waals surface area contributed by atoms with Gasteiger partial charge >= 0.3 is 0 Å². The van der Waals surface area contributed by atoms with E-state index < -0.39 is 0 Å². The van der Waals surface area contributed by atoms with Crippen LogP contribution in [0.4, 0.5) is 0 Å². The van der Waals surface area contributed by atoms with Gasteiger partial charge in [-0.05, 0) is 30.7 Å². The third-order valence-corrected chi connectivity index (χ3v) is 3.42. The lowest BCUT2D eigenvalue weighted by atomic mass is 9.80. The molecule has 0 aliphatic heterocycles.